The van der Waals surface area contributed by atoms with Gasteiger partial charge in [0, 0.05) is 23.0 Å². The number of thioether (sulfide) groups is 2. The monoisotopic (exact) mass is 379 g/mol. The molecule has 0 amide bonds. The molecule has 2 heterocycles. The van der Waals surface area contributed by atoms with Gasteiger partial charge >= 0.3 is 5.63 Å². The lowest BCUT2D eigenvalue weighted by molar-refractivity contribution is 0.559. The molecule has 3 aromatic rings. The van der Waals surface area contributed by atoms with Crippen molar-refractivity contribution in [1.29, 1.82) is 0 Å². The van der Waals surface area contributed by atoms with E-state index in [0.29, 0.717) is 0 Å². The Labute approximate surface area is 159 Å². The van der Waals surface area contributed by atoms with E-state index in [0.717, 1.165) is 50.9 Å². The maximum Gasteiger partial charge on any atom is 0.336 e. The predicted molar refractivity (Wildman–Crippen MR) is 111 cm³/mol. The van der Waals surface area contributed by atoms with Crippen LogP contribution in [-0.2, 0) is 24.3 Å². The van der Waals surface area contributed by atoms with Crippen LogP contribution in [-0.4, -0.2) is 4.38 Å². The molecule has 130 valence electrons. The summed E-state index contributed by atoms with van der Waals surface area (Å²) >= 11 is 3.47. The van der Waals surface area contributed by atoms with Crippen molar-refractivity contribution >= 4 is 44.6 Å². The maximum absolute atomic E-state index is 12.0. The quantitative estimate of drug-likeness (QED) is 0.555. The Hall–Kier alpha value is -1.98. The highest BCUT2D eigenvalue weighted by Gasteiger charge is 2.17. The standard InChI is InChI=1S/C21H17NO2S2/c23-20-10-16(17-8-13-5-3-6-14(13)9-19(17)24-20)12-26-21-22-18-7-2-1-4-15(18)11-25-21/h1-2,4,7-10H,3,5-6,11-12H2. The van der Waals surface area contributed by atoms with E-state index >= 15 is 0 Å². The number of benzene rings is 2. The lowest BCUT2D eigenvalue weighted by Gasteiger charge is -2.14. The molecule has 0 N–H and O–H groups in total. The molecule has 5 heteroatoms. The van der Waals surface area contributed by atoms with Crippen LogP contribution in [0.4, 0.5) is 5.69 Å². The zero-order valence-corrected chi connectivity index (χ0v) is 15.8. The lowest BCUT2D eigenvalue weighted by Crippen LogP contribution is -2.02. The molecule has 0 saturated carbocycles. The summed E-state index contributed by atoms with van der Waals surface area (Å²) in [7, 11) is 0. The Balaban J connectivity index is 1.47. The Morgan fingerprint density at radius 3 is 2.85 bits per heavy atom. The van der Waals surface area contributed by atoms with E-state index in [4.69, 9.17) is 9.41 Å². The van der Waals surface area contributed by atoms with E-state index in [-0.39, 0.29) is 5.63 Å². The second-order valence-corrected chi connectivity index (χ2v) is 8.83. The molecule has 1 aliphatic carbocycles. The van der Waals surface area contributed by atoms with Crippen molar-refractivity contribution < 1.29 is 4.42 Å². The third-order valence-corrected chi connectivity index (χ3v) is 7.24. The molecule has 0 atom stereocenters. The van der Waals surface area contributed by atoms with E-state index in [2.05, 4.69) is 30.3 Å². The summed E-state index contributed by atoms with van der Waals surface area (Å²) in [4.78, 5) is 16.8. The minimum atomic E-state index is -0.269. The van der Waals surface area contributed by atoms with Gasteiger partial charge in [0.05, 0.1) is 5.69 Å². The normalized spacial score (nSPS) is 15.6. The number of hydrogen-bond acceptors (Lipinski definition) is 5. The number of fused-ring (bicyclic) bond motifs is 3. The van der Waals surface area contributed by atoms with Crippen molar-refractivity contribution in [1.82, 2.24) is 0 Å². The molecule has 5 rings (SSSR count). The van der Waals surface area contributed by atoms with Crippen molar-refractivity contribution in [2.24, 2.45) is 4.99 Å². The zero-order chi connectivity index (χ0) is 17.5. The number of hydrogen-bond donors (Lipinski definition) is 0. The number of aryl methyl sites for hydroxylation is 2. The first-order chi connectivity index (χ1) is 12.8. The molecule has 0 saturated heterocycles. The summed E-state index contributed by atoms with van der Waals surface area (Å²) in [5.41, 5.74) is 6.56. The van der Waals surface area contributed by atoms with Crippen molar-refractivity contribution in [3.05, 3.63) is 75.1 Å². The number of rotatable bonds is 2. The van der Waals surface area contributed by atoms with Crippen LogP contribution in [0.15, 0.2) is 56.7 Å². The van der Waals surface area contributed by atoms with Crippen LogP contribution in [0.5, 0.6) is 0 Å². The van der Waals surface area contributed by atoms with Crippen molar-refractivity contribution in [2.45, 2.75) is 30.8 Å². The fourth-order valence-electron chi connectivity index (χ4n) is 3.64. The summed E-state index contributed by atoms with van der Waals surface area (Å²) in [6, 6.07) is 14.2. The topological polar surface area (TPSA) is 42.6 Å². The van der Waals surface area contributed by atoms with E-state index in [9.17, 15) is 4.79 Å². The Bertz CT molecular complexity index is 1100. The van der Waals surface area contributed by atoms with Gasteiger partial charge in [0.1, 0.15) is 9.96 Å². The average molecular weight is 380 g/mol. The Morgan fingerprint density at radius 1 is 1.08 bits per heavy atom. The summed E-state index contributed by atoms with van der Waals surface area (Å²) in [5, 5.41) is 1.07. The third kappa shape index (κ3) is 2.99. The highest BCUT2D eigenvalue weighted by Crippen LogP contribution is 2.36. The van der Waals surface area contributed by atoms with E-state index in [1.54, 1.807) is 29.6 Å². The van der Waals surface area contributed by atoms with Crippen LogP contribution in [0.3, 0.4) is 0 Å². The minimum absolute atomic E-state index is 0.269. The summed E-state index contributed by atoms with van der Waals surface area (Å²) in [6.07, 6.45) is 3.39. The molecule has 0 fully saturated rings. The van der Waals surface area contributed by atoms with Crippen LogP contribution < -0.4 is 5.63 Å². The van der Waals surface area contributed by atoms with E-state index in [1.165, 1.54) is 23.1 Å². The summed E-state index contributed by atoms with van der Waals surface area (Å²) in [6.45, 7) is 0. The summed E-state index contributed by atoms with van der Waals surface area (Å²) in [5.74, 6) is 1.68. The summed E-state index contributed by atoms with van der Waals surface area (Å²) < 4.78 is 6.53. The molecule has 0 unspecified atom stereocenters. The van der Waals surface area contributed by atoms with Crippen LogP contribution in [0.2, 0.25) is 0 Å². The van der Waals surface area contributed by atoms with Crippen LogP contribution >= 0.6 is 23.5 Å². The zero-order valence-electron chi connectivity index (χ0n) is 14.2. The molecule has 0 spiro atoms. The van der Waals surface area contributed by atoms with Gasteiger partial charge in [-0.25, -0.2) is 9.79 Å². The molecule has 2 aromatic carbocycles. The molecular formula is C21H17NO2S2. The van der Waals surface area contributed by atoms with Crippen molar-refractivity contribution in [2.75, 3.05) is 0 Å². The van der Waals surface area contributed by atoms with Gasteiger partial charge < -0.3 is 4.42 Å². The molecule has 26 heavy (non-hydrogen) atoms. The highest BCUT2D eigenvalue weighted by atomic mass is 32.2. The second-order valence-electron chi connectivity index (χ2n) is 6.65. The maximum atomic E-state index is 12.0. The first-order valence-corrected chi connectivity index (χ1v) is 10.7. The SMILES string of the molecule is O=c1cc(CSC2=Nc3ccccc3CS2)c2cc3c(cc2o1)CCC3. The Morgan fingerprint density at radius 2 is 1.92 bits per heavy atom. The van der Waals surface area contributed by atoms with Gasteiger partial charge in [0.15, 0.2) is 0 Å². The molecule has 1 aromatic heterocycles. The van der Waals surface area contributed by atoms with Gasteiger partial charge in [0.2, 0.25) is 0 Å². The van der Waals surface area contributed by atoms with Gasteiger partial charge in [-0.3, -0.25) is 0 Å². The lowest BCUT2D eigenvalue weighted by atomic mass is 10.0. The minimum Gasteiger partial charge on any atom is -0.423 e. The average Bonchev–Trinajstić information content (AvgIpc) is 3.11. The van der Waals surface area contributed by atoms with Crippen LogP contribution in [0.1, 0.15) is 28.7 Å². The smallest absolute Gasteiger partial charge is 0.336 e. The fourth-order valence-corrected chi connectivity index (χ4v) is 5.69. The molecule has 0 bridgehead atoms. The third-order valence-electron chi connectivity index (χ3n) is 4.95. The largest absolute Gasteiger partial charge is 0.423 e. The number of nitrogens with zero attached hydrogens (tertiary/aromatic N) is 1. The molecule has 3 nitrogen and oxygen atoms in total. The van der Waals surface area contributed by atoms with Crippen LogP contribution in [0, 0.1) is 0 Å². The van der Waals surface area contributed by atoms with E-state index < -0.39 is 0 Å². The van der Waals surface area contributed by atoms with Gasteiger partial charge in [0.25, 0.3) is 0 Å². The van der Waals surface area contributed by atoms with Gasteiger partial charge in [-0.05, 0) is 59.7 Å². The molecule has 0 radical (unpaired) electrons. The first-order valence-electron chi connectivity index (χ1n) is 8.77. The van der Waals surface area contributed by atoms with Gasteiger partial charge in [-0.1, -0.05) is 41.7 Å². The van der Waals surface area contributed by atoms with Gasteiger partial charge in [-0.15, -0.1) is 0 Å². The second kappa shape index (κ2) is 6.63. The van der Waals surface area contributed by atoms with Gasteiger partial charge in [-0.2, -0.15) is 0 Å². The van der Waals surface area contributed by atoms with Crippen LogP contribution in [0.25, 0.3) is 11.0 Å². The van der Waals surface area contributed by atoms with Crippen molar-refractivity contribution in [3.8, 4) is 0 Å². The predicted octanol–water partition coefficient (Wildman–Crippen LogP) is 5.45. The fraction of sp³-hybridized carbons (Fsp3) is 0.238. The first kappa shape index (κ1) is 16.2. The number of para-hydroxylation sites is 1. The molecular weight excluding hydrogens is 362 g/mol. The Kier molecular flexibility index (Phi) is 4.14. The molecule has 1 aliphatic heterocycles. The molecule has 2 aliphatic rings. The highest BCUT2D eigenvalue weighted by molar-refractivity contribution is 8.38. The van der Waals surface area contributed by atoms with Crippen molar-refractivity contribution in [3.63, 3.8) is 0 Å². The number of aliphatic imine (C=N–C) groups is 1. The van der Waals surface area contributed by atoms with E-state index in [1.807, 2.05) is 6.07 Å².